The molecule has 0 aliphatic rings. The number of nitrogens with one attached hydrogen (secondary N) is 3. The second-order valence-electron chi connectivity index (χ2n) is 5.83. The van der Waals surface area contributed by atoms with Crippen molar-refractivity contribution in [2.75, 3.05) is 17.2 Å². The van der Waals surface area contributed by atoms with E-state index in [2.05, 4.69) is 16.0 Å². The van der Waals surface area contributed by atoms with Gasteiger partial charge in [0.1, 0.15) is 5.82 Å². The highest BCUT2D eigenvalue weighted by atomic mass is 19.1. The summed E-state index contributed by atoms with van der Waals surface area (Å²) in [7, 11) is 0. The second kappa shape index (κ2) is 8.67. The maximum absolute atomic E-state index is 12.8. The molecule has 4 nitrogen and oxygen atoms in total. The maximum Gasteiger partial charge on any atom is 0.319 e. The molecule has 0 spiro atoms. The van der Waals surface area contributed by atoms with Crippen LogP contribution in [0.2, 0.25) is 0 Å². The largest absolute Gasteiger partial charge is 0.356 e. The van der Waals surface area contributed by atoms with Crippen LogP contribution in [0.3, 0.4) is 0 Å². The third-order valence-electron chi connectivity index (χ3n) is 3.82. The van der Waals surface area contributed by atoms with E-state index in [0.717, 1.165) is 16.9 Å². The molecule has 0 saturated heterocycles. The van der Waals surface area contributed by atoms with Crippen molar-refractivity contribution >= 4 is 23.1 Å². The number of carbonyl (C=O) groups excluding carboxylic acids is 1. The lowest BCUT2D eigenvalue weighted by Crippen LogP contribution is -2.30. The van der Waals surface area contributed by atoms with E-state index in [9.17, 15) is 9.18 Å². The predicted molar refractivity (Wildman–Crippen MR) is 103 cm³/mol. The highest BCUT2D eigenvalue weighted by molar-refractivity contribution is 5.89. The maximum atomic E-state index is 12.8. The Kier molecular flexibility index (Phi) is 5.83. The molecule has 0 heterocycles. The minimum absolute atomic E-state index is 0.260. The summed E-state index contributed by atoms with van der Waals surface area (Å²) in [5, 5.41) is 8.87. The van der Waals surface area contributed by atoms with Crippen molar-refractivity contribution in [2.45, 2.75) is 6.42 Å². The predicted octanol–water partition coefficient (Wildman–Crippen LogP) is 4.93. The Bertz CT molecular complexity index is 833. The van der Waals surface area contributed by atoms with Crippen molar-refractivity contribution in [1.29, 1.82) is 0 Å². The summed E-state index contributed by atoms with van der Waals surface area (Å²) in [6.45, 7) is 0.477. The average Bonchev–Trinajstić information content (AvgIpc) is 2.66. The van der Waals surface area contributed by atoms with Crippen LogP contribution in [0.4, 0.5) is 26.2 Å². The van der Waals surface area contributed by atoms with Crippen molar-refractivity contribution in [3.05, 3.63) is 90.2 Å². The summed E-state index contributed by atoms with van der Waals surface area (Å²) >= 11 is 0. The van der Waals surface area contributed by atoms with E-state index in [-0.39, 0.29) is 11.8 Å². The Labute approximate surface area is 152 Å². The molecule has 3 aromatic carbocycles. The Morgan fingerprint density at radius 2 is 1.38 bits per heavy atom. The van der Waals surface area contributed by atoms with Crippen LogP contribution >= 0.6 is 0 Å². The van der Waals surface area contributed by atoms with Crippen LogP contribution in [0.25, 0.3) is 0 Å². The van der Waals surface area contributed by atoms with Gasteiger partial charge in [-0.3, -0.25) is 0 Å². The van der Waals surface area contributed by atoms with Gasteiger partial charge in [0.25, 0.3) is 0 Å². The molecule has 0 fully saturated rings. The molecule has 132 valence electrons. The van der Waals surface area contributed by atoms with Crippen LogP contribution in [-0.2, 0) is 6.42 Å². The molecular weight excluding hydrogens is 329 g/mol. The van der Waals surface area contributed by atoms with Crippen molar-refractivity contribution in [2.24, 2.45) is 0 Å². The van der Waals surface area contributed by atoms with Crippen molar-refractivity contribution in [3.8, 4) is 0 Å². The molecule has 0 aromatic heterocycles. The molecule has 0 bridgehead atoms. The van der Waals surface area contributed by atoms with E-state index < -0.39 is 0 Å². The minimum atomic E-state index is -0.268. The van der Waals surface area contributed by atoms with Crippen LogP contribution in [0, 0.1) is 5.82 Å². The van der Waals surface area contributed by atoms with Gasteiger partial charge in [0, 0.05) is 23.6 Å². The Balaban J connectivity index is 1.44. The number of urea groups is 1. The second-order valence-corrected chi connectivity index (χ2v) is 5.83. The molecule has 0 unspecified atom stereocenters. The minimum Gasteiger partial charge on any atom is -0.356 e. The van der Waals surface area contributed by atoms with Crippen LogP contribution in [0.1, 0.15) is 5.56 Å². The van der Waals surface area contributed by atoms with Crippen molar-refractivity contribution in [1.82, 2.24) is 5.32 Å². The zero-order valence-corrected chi connectivity index (χ0v) is 14.2. The van der Waals surface area contributed by atoms with Gasteiger partial charge in [-0.2, -0.15) is 0 Å². The third-order valence-corrected chi connectivity index (χ3v) is 3.82. The smallest absolute Gasteiger partial charge is 0.319 e. The van der Waals surface area contributed by atoms with E-state index in [4.69, 9.17) is 0 Å². The molecule has 3 N–H and O–H groups in total. The summed E-state index contributed by atoms with van der Waals surface area (Å²) < 4.78 is 12.8. The van der Waals surface area contributed by atoms with Crippen molar-refractivity contribution in [3.63, 3.8) is 0 Å². The lowest BCUT2D eigenvalue weighted by atomic mass is 10.1. The number of hydrogen-bond donors (Lipinski definition) is 3. The zero-order valence-electron chi connectivity index (χ0n) is 14.2. The molecule has 3 rings (SSSR count). The van der Waals surface area contributed by atoms with Gasteiger partial charge in [0.15, 0.2) is 0 Å². The molecule has 5 heteroatoms. The van der Waals surface area contributed by atoms with Gasteiger partial charge in [0.05, 0.1) is 0 Å². The van der Waals surface area contributed by atoms with Gasteiger partial charge >= 0.3 is 6.03 Å². The monoisotopic (exact) mass is 349 g/mol. The van der Waals surface area contributed by atoms with Gasteiger partial charge in [-0.1, -0.05) is 30.3 Å². The first kappa shape index (κ1) is 17.5. The van der Waals surface area contributed by atoms with Crippen LogP contribution in [-0.4, -0.2) is 12.6 Å². The first-order valence-electron chi connectivity index (χ1n) is 8.40. The summed E-state index contributed by atoms with van der Waals surface area (Å²) in [4.78, 5) is 11.9. The van der Waals surface area contributed by atoms with Crippen LogP contribution in [0.15, 0.2) is 78.9 Å². The summed E-state index contributed by atoms with van der Waals surface area (Å²) in [5.41, 5.74) is 3.64. The SMILES string of the molecule is O=C(NCCc1ccc(F)cc1)Nc1ccc(Nc2ccccc2)cc1. The van der Waals surface area contributed by atoms with Gasteiger partial charge < -0.3 is 16.0 Å². The lowest BCUT2D eigenvalue weighted by molar-refractivity contribution is 0.252. The molecule has 3 aromatic rings. The molecule has 26 heavy (non-hydrogen) atoms. The fourth-order valence-electron chi connectivity index (χ4n) is 2.47. The number of benzene rings is 3. The first-order chi connectivity index (χ1) is 12.7. The van der Waals surface area contributed by atoms with Crippen LogP contribution in [0.5, 0.6) is 0 Å². The van der Waals surface area contributed by atoms with E-state index in [0.29, 0.717) is 18.7 Å². The van der Waals surface area contributed by atoms with Gasteiger partial charge in [-0.25, -0.2) is 9.18 Å². The van der Waals surface area contributed by atoms with E-state index in [1.54, 1.807) is 12.1 Å². The number of hydrogen-bond acceptors (Lipinski definition) is 2. The summed E-state index contributed by atoms with van der Waals surface area (Å²) in [6, 6.07) is 23.4. The molecular formula is C21H20FN3O. The first-order valence-corrected chi connectivity index (χ1v) is 8.40. The van der Waals surface area contributed by atoms with Gasteiger partial charge in [-0.15, -0.1) is 0 Å². The fraction of sp³-hybridized carbons (Fsp3) is 0.0952. The highest BCUT2D eigenvalue weighted by Crippen LogP contribution is 2.18. The molecule has 0 radical (unpaired) electrons. The summed E-state index contributed by atoms with van der Waals surface area (Å²) in [5.74, 6) is -0.260. The van der Waals surface area contributed by atoms with Gasteiger partial charge in [0.2, 0.25) is 0 Å². The molecule has 2 amide bonds. The number of amides is 2. The highest BCUT2D eigenvalue weighted by Gasteiger charge is 2.02. The summed E-state index contributed by atoms with van der Waals surface area (Å²) in [6.07, 6.45) is 0.646. The van der Waals surface area contributed by atoms with E-state index >= 15 is 0 Å². The van der Waals surface area contributed by atoms with Crippen molar-refractivity contribution < 1.29 is 9.18 Å². The Morgan fingerprint density at radius 1 is 0.769 bits per heavy atom. The lowest BCUT2D eigenvalue weighted by Gasteiger charge is -2.10. The fourth-order valence-corrected chi connectivity index (χ4v) is 2.47. The topological polar surface area (TPSA) is 53.2 Å². The normalized spacial score (nSPS) is 10.2. The molecule has 0 aliphatic carbocycles. The quantitative estimate of drug-likeness (QED) is 0.591. The van der Waals surface area contributed by atoms with Crippen LogP contribution < -0.4 is 16.0 Å². The molecule has 0 aliphatic heterocycles. The third kappa shape index (κ3) is 5.34. The number of rotatable bonds is 6. The van der Waals surface area contributed by atoms with E-state index in [1.165, 1.54) is 12.1 Å². The Morgan fingerprint density at radius 3 is 2.08 bits per heavy atom. The number of anilines is 3. The number of para-hydroxylation sites is 1. The molecule has 0 saturated carbocycles. The number of halogens is 1. The van der Waals surface area contributed by atoms with E-state index in [1.807, 2.05) is 54.6 Å². The standard InChI is InChI=1S/C21H20FN3O/c22-17-8-6-16(7-9-17)14-15-23-21(26)25-20-12-10-19(11-13-20)24-18-4-2-1-3-5-18/h1-13,24H,14-15H2,(H2,23,25,26). The Hall–Kier alpha value is -3.34. The zero-order chi connectivity index (χ0) is 18.2. The molecule has 0 atom stereocenters. The number of carbonyl (C=O) groups is 1. The average molecular weight is 349 g/mol. The van der Waals surface area contributed by atoms with Gasteiger partial charge in [-0.05, 0) is 60.5 Å².